The van der Waals surface area contributed by atoms with Gasteiger partial charge >= 0.3 is 0 Å². The second-order valence-electron chi connectivity index (χ2n) is 6.86. The summed E-state index contributed by atoms with van der Waals surface area (Å²) in [5.74, 6) is 0.843. The molecule has 1 aliphatic carbocycles. The van der Waals surface area contributed by atoms with E-state index in [4.69, 9.17) is 0 Å². The van der Waals surface area contributed by atoms with Crippen LogP contribution in [0.2, 0.25) is 0 Å². The molecule has 1 fully saturated rings. The number of hydrogen-bond acceptors (Lipinski definition) is 4. The monoisotopic (exact) mass is 378 g/mol. The van der Waals surface area contributed by atoms with E-state index in [9.17, 15) is 8.42 Å². The number of thiophene rings is 1. The van der Waals surface area contributed by atoms with Crippen molar-refractivity contribution in [3.05, 3.63) is 47.3 Å². The van der Waals surface area contributed by atoms with Gasteiger partial charge in [-0.05, 0) is 42.3 Å². The van der Waals surface area contributed by atoms with Crippen LogP contribution in [0.3, 0.4) is 0 Å². The molecule has 25 heavy (non-hydrogen) atoms. The van der Waals surface area contributed by atoms with Gasteiger partial charge in [0.05, 0.1) is 5.69 Å². The highest BCUT2D eigenvalue weighted by Crippen LogP contribution is 2.29. The standard InChI is InChI=1S/C19H26N2O2S2/c1-15(13-16-7-2-3-8-16)20-14-17-9-4-5-10-18(17)21-25(22,23)19-11-6-12-24-19/h4-6,9-12,15-16,20-21H,2-3,7-8,13-14H2,1H3/t15-/m0/s1. The molecule has 6 heteroatoms. The largest absolute Gasteiger partial charge is 0.310 e. The molecule has 136 valence electrons. The van der Waals surface area contributed by atoms with Gasteiger partial charge in [-0.15, -0.1) is 11.3 Å². The summed E-state index contributed by atoms with van der Waals surface area (Å²) in [4.78, 5) is 0. The lowest BCUT2D eigenvalue weighted by Gasteiger charge is -2.19. The van der Waals surface area contributed by atoms with Crippen molar-refractivity contribution in [2.45, 2.75) is 55.8 Å². The number of benzene rings is 1. The van der Waals surface area contributed by atoms with Gasteiger partial charge in [0.25, 0.3) is 10.0 Å². The molecule has 0 radical (unpaired) electrons. The number of hydrogen-bond donors (Lipinski definition) is 2. The van der Waals surface area contributed by atoms with E-state index in [1.807, 2.05) is 24.3 Å². The fraction of sp³-hybridized carbons (Fsp3) is 0.474. The highest BCUT2D eigenvalue weighted by molar-refractivity contribution is 7.94. The lowest BCUT2D eigenvalue weighted by molar-refractivity contribution is 0.404. The molecule has 2 aromatic rings. The van der Waals surface area contributed by atoms with Crippen molar-refractivity contribution in [3.8, 4) is 0 Å². The Kier molecular flexibility index (Phi) is 6.15. The third kappa shape index (κ3) is 5.06. The molecule has 0 unspecified atom stereocenters. The van der Waals surface area contributed by atoms with Crippen LogP contribution >= 0.6 is 11.3 Å². The van der Waals surface area contributed by atoms with Crippen LogP contribution in [-0.4, -0.2) is 14.5 Å². The highest BCUT2D eigenvalue weighted by Gasteiger charge is 2.19. The molecule has 1 aromatic carbocycles. The maximum atomic E-state index is 12.5. The average molecular weight is 379 g/mol. The summed E-state index contributed by atoms with van der Waals surface area (Å²) in [7, 11) is -3.51. The maximum absolute atomic E-state index is 12.5. The molecule has 1 atom stereocenters. The molecule has 1 aromatic heterocycles. The van der Waals surface area contributed by atoms with Crippen molar-refractivity contribution in [2.75, 3.05) is 4.72 Å². The molecular formula is C19H26N2O2S2. The van der Waals surface area contributed by atoms with E-state index < -0.39 is 10.0 Å². The number of rotatable bonds is 8. The van der Waals surface area contributed by atoms with Crippen LogP contribution in [0.25, 0.3) is 0 Å². The number of sulfonamides is 1. The molecule has 2 N–H and O–H groups in total. The van der Waals surface area contributed by atoms with E-state index in [2.05, 4.69) is 17.0 Å². The SMILES string of the molecule is C[C@@H](CC1CCCC1)NCc1ccccc1NS(=O)(=O)c1cccs1. The van der Waals surface area contributed by atoms with Gasteiger partial charge in [-0.25, -0.2) is 8.42 Å². The first-order valence-electron chi connectivity index (χ1n) is 8.92. The van der Waals surface area contributed by atoms with E-state index in [1.165, 1.54) is 43.4 Å². The van der Waals surface area contributed by atoms with Gasteiger partial charge in [0.1, 0.15) is 4.21 Å². The first kappa shape index (κ1) is 18.4. The minimum atomic E-state index is -3.51. The summed E-state index contributed by atoms with van der Waals surface area (Å²) < 4.78 is 28.0. The summed E-state index contributed by atoms with van der Waals surface area (Å²) in [6.45, 7) is 2.88. The van der Waals surface area contributed by atoms with Gasteiger partial charge in [0, 0.05) is 12.6 Å². The Bertz CT molecular complexity index is 766. The Morgan fingerprint density at radius 3 is 2.64 bits per heavy atom. The summed E-state index contributed by atoms with van der Waals surface area (Å²) >= 11 is 1.22. The predicted molar refractivity (Wildman–Crippen MR) is 104 cm³/mol. The van der Waals surface area contributed by atoms with Gasteiger partial charge in [0.15, 0.2) is 0 Å². The van der Waals surface area contributed by atoms with E-state index in [1.54, 1.807) is 17.5 Å². The van der Waals surface area contributed by atoms with Crippen LogP contribution in [0.15, 0.2) is 46.0 Å². The zero-order valence-electron chi connectivity index (χ0n) is 14.6. The summed E-state index contributed by atoms with van der Waals surface area (Å²) in [5, 5.41) is 5.33. The van der Waals surface area contributed by atoms with Gasteiger partial charge in [0.2, 0.25) is 0 Å². The Morgan fingerprint density at radius 1 is 1.16 bits per heavy atom. The maximum Gasteiger partial charge on any atom is 0.271 e. The lowest BCUT2D eigenvalue weighted by Crippen LogP contribution is -2.28. The first-order valence-corrected chi connectivity index (χ1v) is 11.3. The Hall–Kier alpha value is -1.37. The minimum Gasteiger partial charge on any atom is -0.310 e. The van der Waals surface area contributed by atoms with Crippen LogP contribution in [0.4, 0.5) is 5.69 Å². The third-order valence-corrected chi connectivity index (χ3v) is 7.59. The lowest BCUT2D eigenvalue weighted by atomic mass is 9.99. The average Bonchev–Trinajstić information content (AvgIpc) is 3.27. The molecule has 0 saturated heterocycles. The molecule has 3 rings (SSSR count). The smallest absolute Gasteiger partial charge is 0.271 e. The van der Waals surface area contributed by atoms with Crippen molar-refractivity contribution in [1.29, 1.82) is 0 Å². The molecule has 1 saturated carbocycles. The third-order valence-electron chi connectivity index (χ3n) is 4.82. The Labute approximate surface area is 154 Å². The van der Waals surface area contributed by atoms with Crippen LogP contribution in [0.5, 0.6) is 0 Å². The van der Waals surface area contributed by atoms with Crippen molar-refractivity contribution in [1.82, 2.24) is 5.32 Å². The normalized spacial score (nSPS) is 16.8. The van der Waals surface area contributed by atoms with Crippen LogP contribution < -0.4 is 10.0 Å². The zero-order valence-corrected chi connectivity index (χ0v) is 16.2. The Balaban J connectivity index is 1.62. The van der Waals surface area contributed by atoms with Crippen molar-refractivity contribution in [3.63, 3.8) is 0 Å². The Morgan fingerprint density at radius 2 is 1.92 bits per heavy atom. The van der Waals surface area contributed by atoms with Crippen molar-refractivity contribution in [2.24, 2.45) is 5.92 Å². The summed E-state index contributed by atoms with van der Waals surface area (Å²) in [6, 6.07) is 11.4. The van der Waals surface area contributed by atoms with Crippen molar-refractivity contribution < 1.29 is 8.42 Å². The second kappa shape index (κ2) is 8.34. The fourth-order valence-electron chi connectivity index (χ4n) is 3.50. The van der Waals surface area contributed by atoms with Gasteiger partial charge in [-0.3, -0.25) is 4.72 Å². The molecule has 0 bridgehead atoms. The van der Waals surface area contributed by atoms with E-state index >= 15 is 0 Å². The molecule has 0 aliphatic heterocycles. The van der Waals surface area contributed by atoms with Gasteiger partial charge in [-0.1, -0.05) is 49.9 Å². The highest BCUT2D eigenvalue weighted by atomic mass is 32.2. The predicted octanol–water partition coefficient (Wildman–Crippen LogP) is 4.61. The summed E-state index contributed by atoms with van der Waals surface area (Å²) in [5.41, 5.74) is 1.62. The van der Waals surface area contributed by atoms with Gasteiger partial charge in [-0.2, -0.15) is 0 Å². The van der Waals surface area contributed by atoms with Crippen LogP contribution in [0, 0.1) is 5.92 Å². The van der Waals surface area contributed by atoms with Gasteiger partial charge < -0.3 is 5.32 Å². The van der Waals surface area contributed by atoms with Crippen LogP contribution in [0.1, 0.15) is 44.6 Å². The second-order valence-corrected chi connectivity index (χ2v) is 9.72. The van der Waals surface area contributed by atoms with E-state index in [-0.39, 0.29) is 0 Å². The molecule has 1 heterocycles. The van der Waals surface area contributed by atoms with E-state index in [0.717, 1.165) is 11.5 Å². The molecule has 0 amide bonds. The van der Waals surface area contributed by atoms with Crippen molar-refractivity contribution >= 4 is 27.0 Å². The minimum absolute atomic E-state index is 0.338. The molecule has 0 spiro atoms. The number of anilines is 1. The molecule has 1 aliphatic rings. The quantitative estimate of drug-likeness (QED) is 0.705. The molecular weight excluding hydrogens is 352 g/mol. The van der Waals surface area contributed by atoms with E-state index in [0.29, 0.717) is 22.5 Å². The fourth-order valence-corrected chi connectivity index (χ4v) is 5.59. The summed E-state index contributed by atoms with van der Waals surface area (Å²) in [6.07, 6.45) is 6.63. The number of para-hydroxylation sites is 1. The topological polar surface area (TPSA) is 58.2 Å². The van der Waals surface area contributed by atoms with Crippen LogP contribution in [-0.2, 0) is 16.6 Å². The first-order chi connectivity index (χ1) is 12.0. The number of nitrogens with one attached hydrogen (secondary N) is 2. The zero-order chi connectivity index (χ0) is 17.7. The molecule has 4 nitrogen and oxygen atoms in total.